The van der Waals surface area contributed by atoms with Gasteiger partial charge >= 0.3 is 0 Å². The maximum Gasteiger partial charge on any atom is 0.251 e. The third-order valence-corrected chi connectivity index (χ3v) is 4.11. The summed E-state index contributed by atoms with van der Waals surface area (Å²) >= 11 is 0. The molecule has 1 aliphatic heterocycles. The molecule has 1 aromatic rings. The summed E-state index contributed by atoms with van der Waals surface area (Å²) in [5, 5.41) is 9.24. The van der Waals surface area contributed by atoms with Crippen LogP contribution in [-0.4, -0.2) is 44.2 Å². The van der Waals surface area contributed by atoms with Crippen LogP contribution < -0.4 is 16.0 Å². The van der Waals surface area contributed by atoms with Gasteiger partial charge < -0.3 is 20.7 Å². The lowest BCUT2D eigenvalue weighted by Gasteiger charge is -2.24. The van der Waals surface area contributed by atoms with Crippen LogP contribution in [0, 0.1) is 0 Å². The maximum atomic E-state index is 11.7. The molecule has 1 unspecified atom stereocenters. The van der Waals surface area contributed by atoms with Crippen LogP contribution in [0.4, 0.5) is 0 Å². The molecule has 0 spiro atoms. The molecule has 7 heteroatoms. The Kier molecular flexibility index (Phi) is 9.20. The lowest BCUT2D eigenvalue weighted by atomic mass is 10.0. The van der Waals surface area contributed by atoms with Gasteiger partial charge in [0.2, 0.25) is 0 Å². The number of benzene rings is 1. The summed E-state index contributed by atoms with van der Waals surface area (Å²) < 4.78 is 5.80. The van der Waals surface area contributed by atoms with Gasteiger partial charge in [0, 0.05) is 32.3 Å². The second-order valence-corrected chi connectivity index (χ2v) is 6.23. The second kappa shape index (κ2) is 10.6. The summed E-state index contributed by atoms with van der Waals surface area (Å²) in [5.74, 6) is 0.678. The minimum atomic E-state index is -0.116. The van der Waals surface area contributed by atoms with Gasteiger partial charge in [0.05, 0.1) is 12.1 Å². The molecule has 2 rings (SSSR count). The highest BCUT2D eigenvalue weighted by molar-refractivity contribution is 14.0. The van der Waals surface area contributed by atoms with Crippen LogP contribution in [-0.2, 0) is 11.3 Å². The first-order chi connectivity index (χ1) is 11.6. The average molecular weight is 460 g/mol. The maximum absolute atomic E-state index is 11.7. The van der Waals surface area contributed by atoms with Gasteiger partial charge in [-0.15, -0.1) is 24.0 Å². The van der Waals surface area contributed by atoms with E-state index in [0.717, 1.165) is 44.1 Å². The van der Waals surface area contributed by atoms with Gasteiger partial charge in [0.25, 0.3) is 5.91 Å². The number of amides is 1. The average Bonchev–Trinajstić information content (AvgIpc) is 3.04. The fraction of sp³-hybridized carbons (Fsp3) is 0.556. The molecule has 1 aliphatic rings. The molecule has 1 heterocycles. The zero-order valence-electron chi connectivity index (χ0n) is 15.2. The Morgan fingerprint density at radius 2 is 2.16 bits per heavy atom. The molecule has 0 saturated carbocycles. The van der Waals surface area contributed by atoms with E-state index >= 15 is 0 Å². The molecular formula is C18H29IN4O2. The molecule has 3 N–H and O–H groups in total. The van der Waals surface area contributed by atoms with Crippen molar-refractivity contribution in [2.75, 3.05) is 26.7 Å². The topological polar surface area (TPSA) is 74.8 Å². The van der Waals surface area contributed by atoms with Gasteiger partial charge in [-0.1, -0.05) is 12.1 Å². The minimum Gasteiger partial charge on any atom is -0.373 e. The van der Waals surface area contributed by atoms with Crippen LogP contribution in [0.15, 0.2) is 29.3 Å². The number of hydrogen-bond acceptors (Lipinski definition) is 3. The second-order valence-electron chi connectivity index (χ2n) is 6.23. The molecule has 0 radical (unpaired) electrons. The quantitative estimate of drug-likeness (QED) is 0.346. The van der Waals surface area contributed by atoms with Crippen LogP contribution >= 0.6 is 24.0 Å². The van der Waals surface area contributed by atoms with Gasteiger partial charge in [-0.2, -0.15) is 0 Å². The lowest BCUT2D eigenvalue weighted by molar-refractivity contribution is 0.0243. The fourth-order valence-electron chi connectivity index (χ4n) is 2.71. The van der Waals surface area contributed by atoms with E-state index in [9.17, 15) is 4.79 Å². The lowest BCUT2D eigenvalue weighted by Crippen LogP contribution is -2.45. The van der Waals surface area contributed by atoms with Crippen molar-refractivity contribution in [2.24, 2.45) is 4.99 Å². The Hall–Kier alpha value is -1.35. The standard InChI is InChI=1S/C18H28N4O2.HI/c1-4-20-17(22-13-18(2)9-6-10-24-18)21-12-14-7-5-8-15(11-14)16(23)19-3;/h5,7-8,11H,4,6,9-10,12-13H2,1-3H3,(H,19,23)(H2,20,21,22);1H. The van der Waals surface area contributed by atoms with Crippen molar-refractivity contribution in [2.45, 2.75) is 38.8 Å². The number of ether oxygens (including phenoxy) is 1. The molecule has 1 saturated heterocycles. The van der Waals surface area contributed by atoms with E-state index in [1.807, 2.05) is 25.1 Å². The van der Waals surface area contributed by atoms with E-state index in [0.29, 0.717) is 12.1 Å². The van der Waals surface area contributed by atoms with Gasteiger partial charge in [-0.05, 0) is 44.4 Å². The molecule has 1 amide bonds. The normalized spacial score (nSPS) is 19.9. The van der Waals surface area contributed by atoms with Gasteiger partial charge in [-0.25, -0.2) is 4.99 Å². The van der Waals surface area contributed by atoms with Crippen molar-refractivity contribution in [1.29, 1.82) is 0 Å². The zero-order valence-corrected chi connectivity index (χ0v) is 17.6. The summed E-state index contributed by atoms with van der Waals surface area (Å²) in [6, 6.07) is 7.52. The van der Waals surface area contributed by atoms with Crippen molar-refractivity contribution >= 4 is 35.8 Å². The summed E-state index contributed by atoms with van der Waals surface area (Å²) in [4.78, 5) is 16.3. The smallest absolute Gasteiger partial charge is 0.251 e. The molecule has 1 aromatic carbocycles. The minimum absolute atomic E-state index is 0. The number of aliphatic imine (C=N–C) groups is 1. The first kappa shape index (κ1) is 21.7. The molecular weight excluding hydrogens is 431 g/mol. The van der Waals surface area contributed by atoms with Crippen LogP contribution in [0.1, 0.15) is 42.6 Å². The fourth-order valence-corrected chi connectivity index (χ4v) is 2.71. The van der Waals surface area contributed by atoms with Crippen LogP contribution in [0.3, 0.4) is 0 Å². The van der Waals surface area contributed by atoms with E-state index in [4.69, 9.17) is 4.74 Å². The summed E-state index contributed by atoms with van der Waals surface area (Å²) in [7, 11) is 1.63. The van der Waals surface area contributed by atoms with Gasteiger partial charge in [0.1, 0.15) is 0 Å². The van der Waals surface area contributed by atoms with E-state index in [1.165, 1.54) is 0 Å². The highest BCUT2D eigenvalue weighted by atomic mass is 127. The first-order valence-corrected chi connectivity index (χ1v) is 8.53. The highest BCUT2D eigenvalue weighted by Gasteiger charge is 2.29. The SMILES string of the molecule is CCNC(=NCc1cccc(C(=O)NC)c1)NCC1(C)CCCO1.I. The Bertz CT molecular complexity index is 586. The molecule has 25 heavy (non-hydrogen) atoms. The third kappa shape index (κ3) is 6.81. The molecule has 0 aromatic heterocycles. The van der Waals surface area contributed by atoms with Crippen molar-refractivity contribution < 1.29 is 9.53 Å². The number of hydrogen-bond donors (Lipinski definition) is 3. The predicted molar refractivity (Wildman–Crippen MR) is 112 cm³/mol. The molecule has 140 valence electrons. The van der Waals surface area contributed by atoms with Crippen LogP contribution in [0.2, 0.25) is 0 Å². The van der Waals surface area contributed by atoms with Crippen molar-refractivity contribution in [3.05, 3.63) is 35.4 Å². The van der Waals surface area contributed by atoms with Gasteiger partial charge in [0.15, 0.2) is 5.96 Å². The molecule has 1 fully saturated rings. The third-order valence-electron chi connectivity index (χ3n) is 4.11. The number of nitrogens with one attached hydrogen (secondary N) is 3. The Morgan fingerprint density at radius 1 is 1.36 bits per heavy atom. The van der Waals surface area contributed by atoms with Crippen LogP contribution in [0.25, 0.3) is 0 Å². The molecule has 1 atom stereocenters. The van der Waals surface area contributed by atoms with E-state index in [1.54, 1.807) is 13.1 Å². The van der Waals surface area contributed by atoms with Crippen molar-refractivity contribution in [3.8, 4) is 0 Å². The highest BCUT2D eigenvalue weighted by Crippen LogP contribution is 2.23. The zero-order chi connectivity index (χ0) is 17.4. The Morgan fingerprint density at radius 3 is 2.80 bits per heavy atom. The molecule has 6 nitrogen and oxygen atoms in total. The van der Waals surface area contributed by atoms with Crippen molar-refractivity contribution in [1.82, 2.24) is 16.0 Å². The number of nitrogens with zero attached hydrogens (tertiary/aromatic N) is 1. The van der Waals surface area contributed by atoms with Gasteiger partial charge in [-0.3, -0.25) is 4.79 Å². The largest absolute Gasteiger partial charge is 0.373 e. The van der Waals surface area contributed by atoms with E-state index in [2.05, 4.69) is 27.9 Å². The summed E-state index contributed by atoms with van der Waals surface area (Å²) in [5.41, 5.74) is 1.53. The van der Waals surface area contributed by atoms with E-state index in [-0.39, 0.29) is 35.5 Å². The molecule has 0 aliphatic carbocycles. The van der Waals surface area contributed by atoms with Crippen LogP contribution in [0.5, 0.6) is 0 Å². The Labute approximate surface area is 167 Å². The number of rotatable bonds is 6. The van der Waals surface area contributed by atoms with E-state index < -0.39 is 0 Å². The monoisotopic (exact) mass is 460 g/mol. The number of carbonyl (C=O) groups excluding carboxylic acids is 1. The first-order valence-electron chi connectivity index (χ1n) is 8.53. The van der Waals surface area contributed by atoms with Crippen molar-refractivity contribution in [3.63, 3.8) is 0 Å². The number of carbonyl (C=O) groups is 1. The summed E-state index contributed by atoms with van der Waals surface area (Å²) in [6.07, 6.45) is 2.17. The Balaban J connectivity index is 0.00000312. The summed E-state index contributed by atoms with van der Waals surface area (Å²) in [6.45, 7) is 7.04. The number of guanidine groups is 1. The number of halogens is 1. The predicted octanol–water partition coefficient (Wildman–Crippen LogP) is 2.29. The molecule has 0 bridgehead atoms.